The zero-order chi connectivity index (χ0) is 14.7. The molecule has 0 radical (unpaired) electrons. The number of carbonyl (C=O) groups excluding carboxylic acids is 1. The summed E-state index contributed by atoms with van der Waals surface area (Å²) in [6.45, 7) is 1.80. The van der Waals surface area contributed by atoms with Gasteiger partial charge in [-0.2, -0.15) is 0 Å². The number of hydrogen-bond donors (Lipinski definition) is 1. The first-order valence-electron chi connectivity index (χ1n) is 6.54. The van der Waals surface area contributed by atoms with Gasteiger partial charge in [-0.05, 0) is 30.3 Å². The van der Waals surface area contributed by atoms with E-state index in [1.807, 2.05) is 12.1 Å². The molecule has 0 spiro atoms. The van der Waals surface area contributed by atoms with Crippen molar-refractivity contribution in [2.45, 2.75) is 13.3 Å². The summed E-state index contributed by atoms with van der Waals surface area (Å²) in [4.78, 5) is 11.4. The van der Waals surface area contributed by atoms with Gasteiger partial charge in [-0.1, -0.05) is 13.0 Å². The maximum absolute atomic E-state index is 11.4. The molecule has 3 rings (SSSR count). The highest BCUT2D eigenvalue weighted by atomic mass is 16.4. The van der Waals surface area contributed by atoms with Crippen molar-refractivity contribution in [3.63, 3.8) is 0 Å². The van der Waals surface area contributed by atoms with E-state index in [9.17, 15) is 4.79 Å². The van der Waals surface area contributed by atoms with E-state index in [1.165, 1.54) is 0 Å². The summed E-state index contributed by atoms with van der Waals surface area (Å²) < 4.78 is 10.8. The average Bonchev–Trinajstić information content (AvgIpc) is 3.18. The fraction of sp³-hybridized carbons (Fsp3) is 0.133. The molecule has 0 aliphatic heterocycles. The molecule has 0 fully saturated rings. The monoisotopic (exact) mass is 283 g/mol. The topological polar surface area (TPSA) is 81.2 Å². The number of anilines is 1. The molecule has 106 valence electrons. The van der Waals surface area contributed by atoms with Gasteiger partial charge in [0.25, 0.3) is 5.89 Å². The fourth-order valence-corrected chi connectivity index (χ4v) is 1.82. The maximum Gasteiger partial charge on any atom is 0.283 e. The van der Waals surface area contributed by atoms with E-state index in [2.05, 4.69) is 15.5 Å². The predicted molar refractivity (Wildman–Crippen MR) is 76.4 cm³/mol. The normalized spacial score (nSPS) is 10.5. The number of rotatable bonds is 4. The number of nitrogens with one attached hydrogen (secondary N) is 1. The Morgan fingerprint density at radius 2 is 2.05 bits per heavy atom. The smallest absolute Gasteiger partial charge is 0.283 e. The van der Waals surface area contributed by atoms with Crippen LogP contribution in [0.15, 0.2) is 51.5 Å². The van der Waals surface area contributed by atoms with Gasteiger partial charge in [0, 0.05) is 17.7 Å². The van der Waals surface area contributed by atoms with Gasteiger partial charge >= 0.3 is 0 Å². The van der Waals surface area contributed by atoms with E-state index in [0.717, 1.165) is 5.56 Å². The zero-order valence-electron chi connectivity index (χ0n) is 11.4. The molecule has 0 unspecified atom stereocenters. The Kier molecular flexibility index (Phi) is 3.51. The molecular weight excluding hydrogens is 270 g/mol. The Morgan fingerprint density at radius 3 is 2.81 bits per heavy atom. The molecule has 6 heteroatoms. The van der Waals surface area contributed by atoms with Gasteiger partial charge in [0.05, 0.1) is 6.26 Å². The number of furan rings is 1. The van der Waals surface area contributed by atoms with E-state index in [0.29, 0.717) is 29.6 Å². The van der Waals surface area contributed by atoms with Crippen LogP contribution in [0.5, 0.6) is 0 Å². The lowest BCUT2D eigenvalue weighted by molar-refractivity contribution is -0.115. The van der Waals surface area contributed by atoms with Crippen LogP contribution in [0.2, 0.25) is 0 Å². The Hall–Kier alpha value is -2.89. The highest BCUT2D eigenvalue weighted by molar-refractivity contribution is 5.91. The number of aromatic nitrogens is 2. The van der Waals surface area contributed by atoms with Crippen LogP contribution in [0.1, 0.15) is 13.3 Å². The molecule has 2 heterocycles. The number of benzene rings is 1. The van der Waals surface area contributed by atoms with E-state index in [4.69, 9.17) is 8.83 Å². The molecule has 1 N–H and O–H groups in total. The highest BCUT2D eigenvalue weighted by Gasteiger charge is 2.12. The van der Waals surface area contributed by atoms with E-state index in [-0.39, 0.29) is 5.91 Å². The largest absolute Gasteiger partial charge is 0.459 e. The molecule has 21 heavy (non-hydrogen) atoms. The Labute approximate surface area is 120 Å². The standard InChI is InChI=1S/C15H13N3O3/c1-2-13(19)16-11-6-3-5-10(9-11)14-17-18-15(21-14)12-7-4-8-20-12/h3-9H,2H2,1H3,(H,16,19). The summed E-state index contributed by atoms with van der Waals surface area (Å²) in [6, 6.07) is 10.7. The molecule has 1 amide bonds. The lowest BCUT2D eigenvalue weighted by atomic mass is 10.2. The lowest BCUT2D eigenvalue weighted by Gasteiger charge is -2.04. The molecule has 0 saturated heterocycles. The van der Waals surface area contributed by atoms with Gasteiger partial charge in [0.1, 0.15) is 0 Å². The summed E-state index contributed by atoms with van der Waals surface area (Å²) in [5.41, 5.74) is 1.42. The van der Waals surface area contributed by atoms with Crippen molar-refractivity contribution in [2.75, 3.05) is 5.32 Å². The van der Waals surface area contributed by atoms with Gasteiger partial charge in [0.15, 0.2) is 5.76 Å². The molecular formula is C15H13N3O3. The van der Waals surface area contributed by atoms with Crippen LogP contribution >= 0.6 is 0 Å². The molecule has 1 aromatic carbocycles. The highest BCUT2D eigenvalue weighted by Crippen LogP contribution is 2.25. The minimum atomic E-state index is -0.0473. The number of carbonyl (C=O) groups is 1. The molecule has 0 atom stereocenters. The summed E-state index contributed by atoms with van der Waals surface area (Å²) in [5.74, 6) is 1.16. The third kappa shape index (κ3) is 2.84. The number of hydrogen-bond acceptors (Lipinski definition) is 5. The molecule has 2 aromatic heterocycles. The predicted octanol–water partition coefficient (Wildman–Crippen LogP) is 3.35. The van der Waals surface area contributed by atoms with Crippen LogP contribution in [0.25, 0.3) is 23.1 Å². The molecule has 0 aliphatic carbocycles. The first-order chi connectivity index (χ1) is 10.3. The van der Waals surface area contributed by atoms with Gasteiger partial charge in [-0.25, -0.2) is 0 Å². The van der Waals surface area contributed by atoms with Gasteiger partial charge in [-0.3, -0.25) is 4.79 Å². The minimum Gasteiger partial charge on any atom is -0.459 e. The Balaban J connectivity index is 1.87. The number of amides is 1. The third-order valence-electron chi connectivity index (χ3n) is 2.87. The minimum absolute atomic E-state index is 0.0473. The van der Waals surface area contributed by atoms with Crippen molar-refractivity contribution in [1.82, 2.24) is 10.2 Å². The van der Waals surface area contributed by atoms with Crippen molar-refractivity contribution in [2.24, 2.45) is 0 Å². The second kappa shape index (κ2) is 5.62. The molecule has 0 saturated carbocycles. The average molecular weight is 283 g/mol. The molecule has 3 aromatic rings. The second-order valence-electron chi connectivity index (χ2n) is 4.37. The maximum atomic E-state index is 11.4. The van der Waals surface area contributed by atoms with Crippen LogP contribution in [0.3, 0.4) is 0 Å². The van der Waals surface area contributed by atoms with E-state index < -0.39 is 0 Å². The summed E-state index contributed by atoms with van der Waals surface area (Å²) >= 11 is 0. The van der Waals surface area contributed by atoms with Gasteiger partial charge in [0.2, 0.25) is 11.8 Å². The van der Waals surface area contributed by atoms with Crippen molar-refractivity contribution < 1.29 is 13.6 Å². The van der Waals surface area contributed by atoms with Crippen LogP contribution in [-0.2, 0) is 4.79 Å². The Morgan fingerprint density at radius 1 is 1.19 bits per heavy atom. The van der Waals surface area contributed by atoms with Crippen molar-refractivity contribution in [1.29, 1.82) is 0 Å². The lowest BCUT2D eigenvalue weighted by Crippen LogP contribution is -2.09. The summed E-state index contributed by atoms with van der Waals surface area (Å²) in [5, 5.41) is 10.7. The second-order valence-corrected chi connectivity index (χ2v) is 4.37. The molecule has 0 bridgehead atoms. The van der Waals surface area contributed by atoms with Crippen molar-refractivity contribution in [3.05, 3.63) is 42.7 Å². The molecule has 6 nitrogen and oxygen atoms in total. The van der Waals surface area contributed by atoms with Crippen LogP contribution in [0.4, 0.5) is 5.69 Å². The first-order valence-corrected chi connectivity index (χ1v) is 6.54. The van der Waals surface area contributed by atoms with Crippen LogP contribution in [-0.4, -0.2) is 16.1 Å². The van der Waals surface area contributed by atoms with Gasteiger partial charge < -0.3 is 14.2 Å². The Bertz CT molecular complexity index is 747. The van der Waals surface area contributed by atoms with E-state index in [1.54, 1.807) is 37.5 Å². The summed E-state index contributed by atoms with van der Waals surface area (Å²) in [6.07, 6.45) is 1.97. The molecule has 0 aliphatic rings. The number of nitrogens with zero attached hydrogens (tertiary/aromatic N) is 2. The SMILES string of the molecule is CCC(=O)Nc1cccc(-c2nnc(-c3ccco3)o2)c1. The fourth-order valence-electron chi connectivity index (χ4n) is 1.82. The third-order valence-corrected chi connectivity index (χ3v) is 2.87. The van der Waals surface area contributed by atoms with Crippen LogP contribution in [0, 0.1) is 0 Å². The first kappa shape index (κ1) is 13.1. The van der Waals surface area contributed by atoms with Crippen molar-refractivity contribution >= 4 is 11.6 Å². The summed E-state index contributed by atoms with van der Waals surface area (Å²) in [7, 11) is 0. The van der Waals surface area contributed by atoms with Crippen LogP contribution < -0.4 is 5.32 Å². The van der Waals surface area contributed by atoms with Gasteiger partial charge in [-0.15, -0.1) is 10.2 Å². The van der Waals surface area contributed by atoms with Crippen molar-refractivity contribution in [3.8, 4) is 23.1 Å². The van der Waals surface area contributed by atoms with E-state index >= 15 is 0 Å². The quantitative estimate of drug-likeness (QED) is 0.794. The zero-order valence-corrected chi connectivity index (χ0v) is 11.4.